The lowest BCUT2D eigenvalue weighted by Crippen LogP contribution is -2.02. The van der Waals surface area contributed by atoms with Gasteiger partial charge in [0.05, 0.1) is 0 Å². The molecule has 2 aromatic rings. The molecule has 0 bridgehead atoms. The van der Waals surface area contributed by atoms with Crippen LogP contribution in [0, 0.1) is 12.2 Å². The van der Waals surface area contributed by atoms with E-state index in [4.69, 9.17) is 0 Å². The van der Waals surface area contributed by atoms with Gasteiger partial charge in [-0.1, -0.05) is 60.7 Å². The first kappa shape index (κ1) is 13.8. The Labute approximate surface area is 114 Å². The van der Waals surface area contributed by atoms with E-state index in [1.807, 2.05) is 60.7 Å². The van der Waals surface area contributed by atoms with Crippen LogP contribution in [0.3, 0.4) is 0 Å². The van der Waals surface area contributed by atoms with Crippen LogP contribution in [0.4, 0.5) is 0 Å². The number of benzene rings is 2. The van der Waals surface area contributed by atoms with Crippen molar-refractivity contribution in [2.45, 2.75) is 19.3 Å². The predicted molar refractivity (Wildman–Crippen MR) is 75.3 cm³/mol. The van der Waals surface area contributed by atoms with Crippen LogP contribution in [0.25, 0.3) is 0 Å². The summed E-state index contributed by atoms with van der Waals surface area (Å²) in [7, 11) is 0. The molecule has 0 aliphatic rings. The Balaban J connectivity index is 1.78. The van der Waals surface area contributed by atoms with E-state index in [0.29, 0.717) is 25.0 Å². The minimum Gasteiger partial charge on any atom is -0.382 e. The molecule has 2 aromatic carbocycles. The molecule has 0 saturated heterocycles. The van der Waals surface area contributed by atoms with Crippen LogP contribution >= 0.6 is 0 Å². The molecular weight excluding hydrogens is 236 g/mol. The second-order valence-corrected chi connectivity index (χ2v) is 4.48. The van der Waals surface area contributed by atoms with Gasteiger partial charge >= 0.3 is 0 Å². The van der Waals surface area contributed by atoms with Crippen molar-refractivity contribution in [3.05, 3.63) is 84.0 Å². The molecule has 0 spiro atoms. The highest BCUT2D eigenvalue weighted by atomic mass is 16.3. The van der Waals surface area contributed by atoms with E-state index in [-0.39, 0.29) is 0 Å². The molecule has 0 aliphatic carbocycles. The van der Waals surface area contributed by atoms with Gasteiger partial charge in [-0.25, -0.2) is 0 Å². The first-order valence-electron chi connectivity index (χ1n) is 6.48. The van der Waals surface area contributed by atoms with Gasteiger partial charge in [0, 0.05) is 0 Å². The number of aliphatic hydroxyl groups is 2. The maximum atomic E-state index is 9.93. The Morgan fingerprint density at radius 1 is 0.632 bits per heavy atom. The highest BCUT2D eigenvalue weighted by Gasteiger charge is 2.12. The van der Waals surface area contributed by atoms with Crippen LogP contribution in [0.5, 0.6) is 0 Å². The lowest BCUT2D eigenvalue weighted by molar-refractivity contribution is 0.282. The van der Waals surface area contributed by atoms with E-state index in [9.17, 15) is 10.2 Å². The lowest BCUT2D eigenvalue weighted by Gasteiger charge is -2.12. The van der Waals surface area contributed by atoms with E-state index in [2.05, 4.69) is 0 Å². The smallest absolute Gasteiger partial charge is 0.122 e. The molecule has 0 fully saturated rings. The molecule has 2 N–H and O–H groups in total. The highest BCUT2D eigenvalue weighted by molar-refractivity contribution is 5.27. The van der Waals surface area contributed by atoms with Gasteiger partial charge in [-0.3, -0.25) is 0 Å². The van der Waals surface area contributed by atoms with E-state index < -0.39 is 0 Å². The van der Waals surface area contributed by atoms with Gasteiger partial charge < -0.3 is 10.2 Å². The van der Waals surface area contributed by atoms with Gasteiger partial charge in [0.2, 0.25) is 0 Å². The molecule has 0 heterocycles. The largest absolute Gasteiger partial charge is 0.382 e. The molecule has 0 aliphatic heterocycles. The normalized spacial score (nSPS) is 11.2. The maximum Gasteiger partial charge on any atom is 0.122 e. The first-order valence-corrected chi connectivity index (χ1v) is 6.48. The summed E-state index contributed by atoms with van der Waals surface area (Å²) < 4.78 is 0. The number of aliphatic hydroxyl groups excluding tert-OH is 2. The predicted octanol–water partition coefficient (Wildman–Crippen LogP) is 4.06. The van der Waals surface area contributed by atoms with Gasteiger partial charge in [-0.15, -0.1) is 0 Å². The van der Waals surface area contributed by atoms with Crippen LogP contribution in [0.1, 0.15) is 30.4 Å². The van der Waals surface area contributed by atoms with Crippen molar-refractivity contribution in [1.82, 2.24) is 0 Å². The standard InChI is InChI=1S/C17H18O2/c18-16(14-8-3-1-4-9-14)12-7-13-17(19)15-10-5-2-6-11-15/h1-6,8-11,18-19H,7,12-13H2. The van der Waals surface area contributed by atoms with E-state index in [0.717, 1.165) is 17.5 Å². The molecule has 0 amide bonds. The molecule has 0 saturated carbocycles. The summed E-state index contributed by atoms with van der Waals surface area (Å²) in [6, 6.07) is 19.0. The third kappa shape index (κ3) is 4.19. The Hall–Kier alpha value is -1.64. The van der Waals surface area contributed by atoms with Crippen LogP contribution in [0.15, 0.2) is 60.7 Å². The van der Waals surface area contributed by atoms with Crippen LogP contribution in [-0.2, 0) is 0 Å². The number of rotatable bonds is 6. The summed E-state index contributed by atoms with van der Waals surface area (Å²) in [6.45, 7) is 0. The number of hydrogen-bond acceptors (Lipinski definition) is 2. The minimum absolute atomic E-state index is 0.376. The second-order valence-electron chi connectivity index (χ2n) is 4.48. The van der Waals surface area contributed by atoms with Crippen molar-refractivity contribution in [3.63, 3.8) is 0 Å². The van der Waals surface area contributed by atoms with E-state index >= 15 is 0 Å². The average Bonchev–Trinajstić information content (AvgIpc) is 2.49. The molecule has 2 rings (SSSR count). The summed E-state index contributed by atoms with van der Waals surface area (Å²) in [6.07, 6.45) is 2.62. The number of hydrogen-bond donors (Lipinski definition) is 2. The Bertz CT molecular complexity index is 422. The fourth-order valence-corrected chi connectivity index (χ4v) is 1.97. The van der Waals surface area contributed by atoms with Crippen molar-refractivity contribution in [2.24, 2.45) is 0 Å². The van der Waals surface area contributed by atoms with Gasteiger partial charge in [0.1, 0.15) is 12.2 Å². The monoisotopic (exact) mass is 254 g/mol. The average molecular weight is 254 g/mol. The zero-order valence-electron chi connectivity index (χ0n) is 10.8. The van der Waals surface area contributed by atoms with Gasteiger partial charge in [0.15, 0.2) is 0 Å². The summed E-state index contributed by atoms with van der Waals surface area (Å²) in [5, 5.41) is 19.9. The molecule has 19 heavy (non-hydrogen) atoms. The van der Waals surface area contributed by atoms with Crippen molar-refractivity contribution in [3.8, 4) is 0 Å². The molecule has 2 radical (unpaired) electrons. The molecule has 0 aromatic heterocycles. The molecule has 98 valence electrons. The van der Waals surface area contributed by atoms with Crippen molar-refractivity contribution in [1.29, 1.82) is 0 Å². The lowest BCUT2D eigenvalue weighted by atomic mass is 10.00. The SMILES string of the molecule is O[C](CCC[C](O)c1ccccc1)c1ccccc1. The third-order valence-corrected chi connectivity index (χ3v) is 3.04. The second kappa shape index (κ2) is 7.07. The Kier molecular flexibility index (Phi) is 5.13. The minimum atomic E-state index is 0.376. The Morgan fingerprint density at radius 3 is 1.37 bits per heavy atom. The summed E-state index contributed by atoms with van der Waals surface area (Å²) in [5.74, 6) is 0. The Morgan fingerprint density at radius 2 is 1.00 bits per heavy atom. The van der Waals surface area contributed by atoms with Crippen LogP contribution in [0.2, 0.25) is 0 Å². The van der Waals surface area contributed by atoms with Gasteiger partial charge in [0.25, 0.3) is 0 Å². The first-order chi connectivity index (χ1) is 9.27. The zero-order valence-corrected chi connectivity index (χ0v) is 10.8. The summed E-state index contributed by atoms with van der Waals surface area (Å²) >= 11 is 0. The molecule has 0 atom stereocenters. The molecule has 2 nitrogen and oxygen atoms in total. The van der Waals surface area contributed by atoms with Gasteiger partial charge in [-0.2, -0.15) is 0 Å². The van der Waals surface area contributed by atoms with Gasteiger partial charge in [-0.05, 0) is 30.4 Å². The fourth-order valence-electron chi connectivity index (χ4n) is 1.97. The van der Waals surface area contributed by atoms with E-state index in [1.54, 1.807) is 0 Å². The van der Waals surface area contributed by atoms with Crippen LogP contribution in [-0.4, -0.2) is 10.2 Å². The summed E-state index contributed by atoms with van der Waals surface area (Å²) in [4.78, 5) is 0. The van der Waals surface area contributed by atoms with Crippen molar-refractivity contribution >= 4 is 0 Å². The maximum absolute atomic E-state index is 9.93. The highest BCUT2D eigenvalue weighted by Crippen LogP contribution is 2.22. The quantitative estimate of drug-likeness (QED) is 0.816. The third-order valence-electron chi connectivity index (χ3n) is 3.04. The zero-order chi connectivity index (χ0) is 13.5. The summed E-state index contributed by atoms with van der Waals surface area (Å²) in [5.41, 5.74) is 1.70. The van der Waals surface area contributed by atoms with Crippen LogP contribution < -0.4 is 0 Å². The van der Waals surface area contributed by atoms with Crippen molar-refractivity contribution < 1.29 is 10.2 Å². The fraction of sp³-hybridized carbons (Fsp3) is 0.176. The van der Waals surface area contributed by atoms with Crippen molar-refractivity contribution in [2.75, 3.05) is 0 Å². The molecule has 2 heteroatoms. The van der Waals surface area contributed by atoms with E-state index in [1.165, 1.54) is 0 Å². The molecule has 0 unspecified atom stereocenters. The topological polar surface area (TPSA) is 40.5 Å². The molecular formula is C17H18O2.